The van der Waals surface area contributed by atoms with Gasteiger partial charge in [0.25, 0.3) is 0 Å². The first-order chi connectivity index (χ1) is 13.3. The largest absolute Gasteiger partial charge is 0.454 e. The summed E-state index contributed by atoms with van der Waals surface area (Å²) in [4.78, 5) is 26.5. The van der Waals surface area contributed by atoms with Crippen molar-refractivity contribution in [3.8, 4) is 11.5 Å². The average molecular weight is 381 g/mol. The second-order valence-corrected chi connectivity index (χ2v) is 7.68. The molecule has 0 bridgehead atoms. The smallest absolute Gasteiger partial charge is 0.236 e. The number of hydrogen-bond acceptors (Lipinski definition) is 5. The summed E-state index contributed by atoms with van der Waals surface area (Å²) in [5.74, 6) is 1.30. The van der Waals surface area contributed by atoms with Gasteiger partial charge in [0.2, 0.25) is 18.6 Å². The number of benzene rings is 2. The van der Waals surface area contributed by atoms with Crippen LogP contribution in [0.5, 0.6) is 11.5 Å². The average Bonchev–Trinajstić information content (AvgIpc) is 3.19. The van der Waals surface area contributed by atoms with Gasteiger partial charge in [-0.1, -0.05) is 6.07 Å². The van der Waals surface area contributed by atoms with Crippen molar-refractivity contribution in [2.45, 2.75) is 32.1 Å². The van der Waals surface area contributed by atoms with Gasteiger partial charge in [-0.3, -0.25) is 9.59 Å². The minimum atomic E-state index is -0.649. The van der Waals surface area contributed by atoms with E-state index in [9.17, 15) is 9.59 Å². The fourth-order valence-electron chi connectivity index (χ4n) is 3.70. The van der Waals surface area contributed by atoms with Crippen LogP contribution < -0.4 is 25.4 Å². The Labute approximate surface area is 163 Å². The Hall–Kier alpha value is -3.22. The number of anilines is 3. The van der Waals surface area contributed by atoms with Gasteiger partial charge in [0.1, 0.15) is 0 Å². The van der Waals surface area contributed by atoms with Gasteiger partial charge in [-0.2, -0.15) is 0 Å². The van der Waals surface area contributed by atoms with Crippen LogP contribution in [0, 0.1) is 0 Å². The fourth-order valence-corrected chi connectivity index (χ4v) is 3.70. The van der Waals surface area contributed by atoms with Gasteiger partial charge in [-0.25, -0.2) is 0 Å². The molecule has 7 nitrogen and oxygen atoms in total. The molecule has 0 saturated heterocycles. The van der Waals surface area contributed by atoms with Gasteiger partial charge >= 0.3 is 0 Å². The molecule has 0 spiro atoms. The quantitative estimate of drug-likeness (QED) is 0.795. The minimum absolute atomic E-state index is 0.00758. The highest BCUT2D eigenvalue weighted by molar-refractivity contribution is 6.09. The molecule has 2 aliphatic heterocycles. The van der Waals surface area contributed by atoms with E-state index in [2.05, 4.69) is 5.32 Å². The number of carbonyl (C=O) groups excluding carboxylic acids is 2. The van der Waals surface area contributed by atoms with E-state index in [1.54, 1.807) is 18.0 Å². The van der Waals surface area contributed by atoms with E-state index in [1.807, 2.05) is 38.1 Å². The lowest BCUT2D eigenvalue weighted by atomic mass is 9.86. The number of ether oxygens (including phenoxy) is 2. The Morgan fingerprint density at radius 3 is 2.75 bits per heavy atom. The summed E-state index contributed by atoms with van der Waals surface area (Å²) in [6, 6.07) is 9.22. The summed E-state index contributed by atoms with van der Waals surface area (Å²) < 4.78 is 10.7. The number of nitrogens with zero attached hydrogens (tertiary/aromatic N) is 1. The van der Waals surface area contributed by atoms with Crippen LogP contribution in [0.2, 0.25) is 0 Å². The zero-order chi connectivity index (χ0) is 20.1. The van der Waals surface area contributed by atoms with Crippen molar-refractivity contribution in [1.82, 2.24) is 0 Å². The first-order valence-corrected chi connectivity index (χ1v) is 9.18. The number of nitrogens with two attached hydrogens (primary N) is 1. The number of fused-ring (bicyclic) bond motifs is 2. The molecule has 0 aromatic heterocycles. The van der Waals surface area contributed by atoms with E-state index in [-0.39, 0.29) is 18.6 Å². The minimum Gasteiger partial charge on any atom is -0.454 e. The van der Waals surface area contributed by atoms with Crippen LogP contribution >= 0.6 is 0 Å². The van der Waals surface area contributed by atoms with Gasteiger partial charge in [-0.05, 0) is 55.7 Å². The van der Waals surface area contributed by atoms with Gasteiger partial charge in [-0.15, -0.1) is 0 Å². The molecule has 2 aliphatic rings. The number of rotatable bonds is 4. The highest BCUT2D eigenvalue weighted by Gasteiger charge is 2.42. The molecule has 3 N–H and O–H groups in total. The summed E-state index contributed by atoms with van der Waals surface area (Å²) >= 11 is 0. The van der Waals surface area contributed by atoms with Gasteiger partial charge in [0, 0.05) is 19.2 Å². The van der Waals surface area contributed by atoms with Crippen LogP contribution in [0.25, 0.3) is 0 Å². The SMILES string of the molecule is CN1C(=O)C(C)(C)c2cc(NC(=O)CCc3ccc4c(c3)OCO4)c(N)cc21. The Kier molecular flexibility index (Phi) is 4.18. The van der Waals surface area contributed by atoms with E-state index in [1.165, 1.54) is 0 Å². The lowest BCUT2D eigenvalue weighted by Crippen LogP contribution is -2.33. The van der Waals surface area contributed by atoms with Crippen LogP contribution in [0.3, 0.4) is 0 Å². The molecule has 2 heterocycles. The van der Waals surface area contributed by atoms with E-state index < -0.39 is 5.41 Å². The predicted octanol–water partition coefficient (Wildman–Crippen LogP) is 2.82. The fraction of sp³-hybridized carbons (Fsp3) is 0.333. The van der Waals surface area contributed by atoms with Crippen LogP contribution in [0.4, 0.5) is 17.1 Å². The monoisotopic (exact) mass is 381 g/mol. The van der Waals surface area contributed by atoms with E-state index in [0.717, 1.165) is 22.6 Å². The van der Waals surface area contributed by atoms with E-state index >= 15 is 0 Å². The summed E-state index contributed by atoms with van der Waals surface area (Å²) in [6.45, 7) is 3.98. The predicted molar refractivity (Wildman–Crippen MR) is 107 cm³/mol. The summed E-state index contributed by atoms with van der Waals surface area (Å²) in [6.07, 6.45) is 0.873. The second kappa shape index (κ2) is 6.44. The number of nitrogens with one attached hydrogen (secondary N) is 1. The molecule has 4 rings (SSSR count). The summed E-state index contributed by atoms with van der Waals surface area (Å²) in [5, 5.41) is 2.88. The second-order valence-electron chi connectivity index (χ2n) is 7.68. The molecule has 2 aromatic carbocycles. The molecule has 2 amide bonds. The maximum Gasteiger partial charge on any atom is 0.236 e. The zero-order valence-electron chi connectivity index (χ0n) is 16.2. The molecule has 0 aliphatic carbocycles. The molecule has 7 heteroatoms. The molecule has 2 aromatic rings. The lowest BCUT2D eigenvalue weighted by Gasteiger charge is -2.17. The lowest BCUT2D eigenvalue weighted by molar-refractivity contribution is -0.121. The molecule has 146 valence electrons. The number of likely N-dealkylation sites (N-methyl/N-ethyl adjacent to an activating group) is 1. The first-order valence-electron chi connectivity index (χ1n) is 9.18. The van der Waals surface area contributed by atoms with Crippen molar-refractivity contribution < 1.29 is 19.1 Å². The van der Waals surface area contributed by atoms with Crippen LogP contribution in [0.15, 0.2) is 30.3 Å². The number of amides is 2. The van der Waals surface area contributed by atoms with Gasteiger partial charge < -0.3 is 25.4 Å². The standard InChI is InChI=1S/C21H23N3O4/c1-21(2)13-9-15(14(22)10-16(13)24(3)20(21)26)23-19(25)7-5-12-4-6-17-18(8-12)28-11-27-17/h4,6,8-10H,5,7,11,22H2,1-3H3,(H,23,25). The maximum atomic E-state index is 12.5. The third-order valence-corrected chi connectivity index (χ3v) is 5.39. The molecule has 0 radical (unpaired) electrons. The topological polar surface area (TPSA) is 93.9 Å². The van der Waals surface area contributed by atoms with Crippen LogP contribution in [-0.4, -0.2) is 25.7 Å². The molecular weight excluding hydrogens is 358 g/mol. The van der Waals surface area contributed by atoms with Crippen LogP contribution in [-0.2, 0) is 21.4 Å². The van der Waals surface area contributed by atoms with Gasteiger partial charge in [0.15, 0.2) is 11.5 Å². The van der Waals surface area contributed by atoms with Crippen LogP contribution in [0.1, 0.15) is 31.4 Å². The molecular formula is C21H23N3O4. The van der Waals surface area contributed by atoms with Gasteiger partial charge in [0.05, 0.1) is 16.8 Å². The van der Waals surface area contributed by atoms with Crippen molar-refractivity contribution in [2.24, 2.45) is 0 Å². The highest BCUT2D eigenvalue weighted by Crippen LogP contribution is 2.44. The summed E-state index contributed by atoms with van der Waals surface area (Å²) in [7, 11) is 1.74. The number of hydrogen-bond donors (Lipinski definition) is 2. The third kappa shape index (κ3) is 2.93. The molecule has 0 atom stereocenters. The Morgan fingerprint density at radius 1 is 1.21 bits per heavy atom. The van der Waals surface area contributed by atoms with Crippen molar-refractivity contribution in [1.29, 1.82) is 0 Å². The molecule has 0 unspecified atom stereocenters. The zero-order valence-corrected chi connectivity index (χ0v) is 16.2. The van der Waals surface area contributed by atoms with Crippen molar-refractivity contribution in [3.05, 3.63) is 41.5 Å². The molecule has 0 fully saturated rings. The first kappa shape index (κ1) is 18.2. The molecule has 0 saturated carbocycles. The molecule has 28 heavy (non-hydrogen) atoms. The van der Waals surface area contributed by atoms with Crippen molar-refractivity contribution >= 4 is 28.9 Å². The highest BCUT2D eigenvalue weighted by atomic mass is 16.7. The maximum absolute atomic E-state index is 12.5. The van der Waals surface area contributed by atoms with Crippen molar-refractivity contribution in [2.75, 3.05) is 29.8 Å². The third-order valence-electron chi connectivity index (χ3n) is 5.39. The Morgan fingerprint density at radius 2 is 1.96 bits per heavy atom. The normalized spacial score (nSPS) is 16.2. The number of aryl methyl sites for hydroxylation is 1. The Bertz CT molecular complexity index is 984. The van der Waals surface area contributed by atoms with Crippen molar-refractivity contribution in [3.63, 3.8) is 0 Å². The summed E-state index contributed by atoms with van der Waals surface area (Å²) in [5.41, 5.74) is 9.08. The number of nitrogen functional groups attached to an aromatic ring is 1. The Balaban J connectivity index is 1.47. The van der Waals surface area contributed by atoms with E-state index in [4.69, 9.17) is 15.2 Å². The van der Waals surface area contributed by atoms with E-state index in [0.29, 0.717) is 30.0 Å². The number of carbonyl (C=O) groups is 2.